The first-order valence-corrected chi connectivity index (χ1v) is 7.08. The highest BCUT2D eigenvalue weighted by molar-refractivity contribution is 7.80. The van der Waals surface area contributed by atoms with Gasteiger partial charge in [0.2, 0.25) is 0 Å². The van der Waals surface area contributed by atoms with Gasteiger partial charge in [-0.2, -0.15) is 0 Å². The molecule has 1 atom stereocenters. The highest BCUT2D eigenvalue weighted by Gasteiger charge is 2.29. The molecule has 1 aliphatic heterocycles. The Hall–Kier alpha value is -2.39. The summed E-state index contributed by atoms with van der Waals surface area (Å²) in [5.41, 5.74) is 1.53. The number of benzene rings is 1. The normalized spacial score (nSPS) is 17.0. The number of alkyl halides is 1. The fourth-order valence-electron chi connectivity index (χ4n) is 2.02. The second-order valence-electron chi connectivity index (χ2n) is 4.59. The minimum absolute atomic E-state index is 0.0615. The molecule has 0 saturated carbocycles. The monoisotopic (exact) mass is 318 g/mol. The Bertz CT molecular complexity index is 662. The van der Waals surface area contributed by atoms with E-state index in [-0.39, 0.29) is 12.2 Å². The summed E-state index contributed by atoms with van der Waals surface area (Å²) in [6.07, 6.45) is 0. The van der Waals surface area contributed by atoms with E-state index < -0.39 is 18.7 Å². The van der Waals surface area contributed by atoms with Crippen molar-refractivity contribution in [2.24, 2.45) is 0 Å². The van der Waals surface area contributed by atoms with E-state index in [1.807, 2.05) is 30.3 Å². The van der Waals surface area contributed by atoms with Crippen LogP contribution in [0.2, 0.25) is 0 Å². The molecule has 0 aliphatic carbocycles. The molecule has 2 N–H and O–H groups in total. The van der Waals surface area contributed by atoms with Gasteiger partial charge in [0, 0.05) is 11.3 Å². The predicted octanol–water partition coefficient (Wildman–Crippen LogP) is 1.67. The third-order valence-electron chi connectivity index (χ3n) is 3.01. The lowest BCUT2D eigenvalue weighted by Crippen LogP contribution is -2.50. The van der Waals surface area contributed by atoms with Crippen LogP contribution in [0.15, 0.2) is 41.6 Å². The number of allylic oxidation sites excluding steroid dienone is 1. The van der Waals surface area contributed by atoms with Gasteiger partial charge >= 0.3 is 5.97 Å². The third kappa shape index (κ3) is 4.06. The minimum Gasteiger partial charge on any atom is -0.449 e. The summed E-state index contributed by atoms with van der Waals surface area (Å²) in [5, 5.41) is 5.77. The number of carbonyl (C=O) groups excluding carboxylic acids is 1. The Morgan fingerprint density at radius 2 is 2.14 bits per heavy atom. The number of rotatable bonds is 3. The maximum atomic E-state index is 13.0. The van der Waals surface area contributed by atoms with Crippen LogP contribution >= 0.6 is 12.2 Å². The van der Waals surface area contributed by atoms with Crippen molar-refractivity contribution in [3.8, 4) is 11.8 Å². The number of halogens is 1. The molecule has 0 radical (unpaired) electrons. The summed E-state index contributed by atoms with van der Waals surface area (Å²) in [7, 11) is 0. The number of nitrogens with one attached hydrogen (secondary N) is 2. The van der Waals surface area contributed by atoms with E-state index in [2.05, 4.69) is 22.5 Å². The molecular weight excluding hydrogens is 303 g/mol. The average Bonchev–Trinajstić information content (AvgIpc) is 2.51. The molecule has 1 unspecified atom stereocenters. The van der Waals surface area contributed by atoms with Gasteiger partial charge in [0.15, 0.2) is 11.7 Å². The van der Waals surface area contributed by atoms with Crippen LogP contribution in [0.4, 0.5) is 4.39 Å². The summed E-state index contributed by atoms with van der Waals surface area (Å²) in [6, 6.07) is 8.57. The van der Waals surface area contributed by atoms with E-state index in [4.69, 9.17) is 17.0 Å². The van der Waals surface area contributed by atoms with Gasteiger partial charge in [0.1, 0.15) is 6.67 Å². The maximum absolute atomic E-state index is 13.0. The number of hydrogen-bond acceptors (Lipinski definition) is 3. The van der Waals surface area contributed by atoms with Crippen LogP contribution in [0.1, 0.15) is 12.5 Å². The number of carbonyl (C=O) groups is 1. The lowest BCUT2D eigenvalue weighted by Gasteiger charge is -2.27. The lowest BCUT2D eigenvalue weighted by molar-refractivity contribution is -0.138. The molecule has 1 aromatic rings. The quantitative estimate of drug-likeness (QED) is 0.504. The Balaban J connectivity index is 1.98. The molecule has 1 aromatic carbocycles. The topological polar surface area (TPSA) is 50.4 Å². The van der Waals surface area contributed by atoms with E-state index in [0.717, 1.165) is 5.56 Å². The number of esters is 1. The van der Waals surface area contributed by atoms with Gasteiger partial charge in [-0.15, -0.1) is 0 Å². The first kappa shape index (κ1) is 16.0. The number of ether oxygens (including phenoxy) is 1. The van der Waals surface area contributed by atoms with E-state index in [0.29, 0.717) is 10.8 Å². The molecule has 1 heterocycles. The smallest absolute Gasteiger partial charge is 0.338 e. The fourth-order valence-corrected chi connectivity index (χ4v) is 2.31. The molecule has 0 spiro atoms. The van der Waals surface area contributed by atoms with Gasteiger partial charge in [0.05, 0.1) is 11.6 Å². The Morgan fingerprint density at radius 3 is 2.82 bits per heavy atom. The average molecular weight is 318 g/mol. The Morgan fingerprint density at radius 1 is 1.41 bits per heavy atom. The Labute approximate surface area is 133 Å². The van der Waals surface area contributed by atoms with Crippen LogP contribution in [0.3, 0.4) is 0 Å². The zero-order chi connectivity index (χ0) is 15.9. The maximum Gasteiger partial charge on any atom is 0.338 e. The van der Waals surface area contributed by atoms with E-state index >= 15 is 0 Å². The van der Waals surface area contributed by atoms with E-state index in [1.54, 1.807) is 6.92 Å². The van der Waals surface area contributed by atoms with Gasteiger partial charge in [-0.05, 0) is 31.3 Å². The van der Waals surface area contributed by atoms with Crippen molar-refractivity contribution in [3.05, 3.63) is 47.2 Å². The van der Waals surface area contributed by atoms with Crippen LogP contribution in [0, 0.1) is 11.8 Å². The third-order valence-corrected chi connectivity index (χ3v) is 3.23. The highest BCUT2D eigenvalue weighted by Crippen LogP contribution is 2.14. The van der Waals surface area contributed by atoms with Crippen LogP contribution in [-0.2, 0) is 9.53 Å². The first-order chi connectivity index (χ1) is 10.6. The van der Waals surface area contributed by atoms with Gasteiger partial charge in [-0.25, -0.2) is 9.18 Å². The van der Waals surface area contributed by atoms with Crippen molar-refractivity contribution in [2.45, 2.75) is 13.0 Å². The van der Waals surface area contributed by atoms with E-state index in [9.17, 15) is 9.18 Å². The van der Waals surface area contributed by atoms with Crippen LogP contribution in [0.25, 0.3) is 0 Å². The molecule has 4 nitrogen and oxygen atoms in total. The van der Waals surface area contributed by atoms with Crippen molar-refractivity contribution < 1.29 is 13.9 Å². The Kier molecular flexibility index (Phi) is 5.50. The summed E-state index contributed by atoms with van der Waals surface area (Å²) < 4.78 is 18.1. The summed E-state index contributed by atoms with van der Waals surface area (Å²) in [5.74, 6) is 5.02. The highest BCUT2D eigenvalue weighted by atomic mass is 32.1. The van der Waals surface area contributed by atoms with E-state index in [1.165, 1.54) is 0 Å². The van der Waals surface area contributed by atoms with Crippen LogP contribution in [-0.4, -0.2) is 30.4 Å². The van der Waals surface area contributed by atoms with Crippen LogP contribution < -0.4 is 10.6 Å². The first-order valence-electron chi connectivity index (χ1n) is 6.67. The summed E-state index contributed by atoms with van der Waals surface area (Å²) in [4.78, 5) is 12.1. The lowest BCUT2D eigenvalue weighted by atomic mass is 10.0. The van der Waals surface area contributed by atoms with Crippen molar-refractivity contribution in [1.29, 1.82) is 0 Å². The minimum atomic E-state index is -0.789. The van der Waals surface area contributed by atoms with Gasteiger partial charge < -0.3 is 15.4 Å². The molecule has 22 heavy (non-hydrogen) atoms. The molecule has 0 amide bonds. The molecule has 0 aromatic heterocycles. The van der Waals surface area contributed by atoms with Crippen molar-refractivity contribution in [2.75, 3.05) is 13.3 Å². The standard InChI is InChI=1S/C16H15FN2O2S/c1-11-14(13(10-17)19-16(22)18-11)15(20)21-9-5-8-12-6-3-2-4-7-12/h2-4,6-7,13H,9-10H2,1H3,(H2,18,19,22). The van der Waals surface area contributed by atoms with Crippen molar-refractivity contribution in [1.82, 2.24) is 10.6 Å². The van der Waals surface area contributed by atoms with Crippen molar-refractivity contribution in [3.63, 3.8) is 0 Å². The SMILES string of the molecule is CC1=C(C(=O)OCC#Cc2ccccc2)C(CF)NC(=S)N1. The molecule has 0 bridgehead atoms. The molecule has 6 heteroatoms. The summed E-state index contributed by atoms with van der Waals surface area (Å²) >= 11 is 4.93. The van der Waals surface area contributed by atoms with Crippen molar-refractivity contribution >= 4 is 23.3 Å². The molecule has 1 aliphatic rings. The second-order valence-corrected chi connectivity index (χ2v) is 5.00. The molecule has 0 fully saturated rings. The molecular formula is C16H15FN2O2S. The molecule has 114 valence electrons. The second kappa shape index (κ2) is 7.57. The number of hydrogen-bond donors (Lipinski definition) is 2. The molecule has 2 rings (SSSR count). The van der Waals surface area contributed by atoms with Crippen LogP contribution in [0.5, 0.6) is 0 Å². The molecule has 0 saturated heterocycles. The zero-order valence-corrected chi connectivity index (χ0v) is 12.8. The van der Waals surface area contributed by atoms with Gasteiger partial charge in [-0.3, -0.25) is 0 Å². The van der Waals surface area contributed by atoms with Gasteiger partial charge in [0.25, 0.3) is 0 Å². The fraction of sp³-hybridized carbons (Fsp3) is 0.250. The predicted molar refractivity (Wildman–Crippen MR) is 85.6 cm³/mol. The summed E-state index contributed by atoms with van der Waals surface area (Å²) in [6.45, 7) is 0.843. The largest absolute Gasteiger partial charge is 0.449 e. The number of thiocarbonyl (C=S) groups is 1. The van der Waals surface area contributed by atoms with Gasteiger partial charge in [-0.1, -0.05) is 30.0 Å². The zero-order valence-electron chi connectivity index (χ0n) is 12.0.